The normalized spacial score (nSPS) is 17.1. The number of thioether (sulfide) groups is 1. The number of hydrogen-bond donors (Lipinski definition) is 2. The Kier molecular flexibility index (Phi) is 6.95. The van der Waals surface area contributed by atoms with E-state index in [9.17, 15) is 9.59 Å². The maximum absolute atomic E-state index is 12.3. The SMILES string of the molecule is COc1ccc(OC)c([C@@H]2SCC(=O)N2CC(=O)NCC[NH+](C)C)c1. The summed E-state index contributed by atoms with van der Waals surface area (Å²) in [7, 11) is 7.24. The monoisotopic (exact) mass is 368 g/mol. The second kappa shape index (κ2) is 8.96. The van der Waals surface area contributed by atoms with Crippen molar-refractivity contribution in [3.05, 3.63) is 23.8 Å². The summed E-state index contributed by atoms with van der Waals surface area (Å²) < 4.78 is 10.7. The molecule has 1 aliphatic heterocycles. The molecular formula is C17H26N3O4S+. The van der Waals surface area contributed by atoms with Gasteiger partial charge in [0.2, 0.25) is 11.8 Å². The highest BCUT2D eigenvalue weighted by atomic mass is 32.2. The van der Waals surface area contributed by atoms with Crippen molar-refractivity contribution < 1.29 is 24.0 Å². The highest BCUT2D eigenvalue weighted by Crippen LogP contribution is 2.43. The number of carbonyl (C=O) groups is 2. The van der Waals surface area contributed by atoms with Crippen LogP contribution < -0.4 is 19.7 Å². The van der Waals surface area contributed by atoms with E-state index in [-0.39, 0.29) is 23.7 Å². The predicted molar refractivity (Wildman–Crippen MR) is 97.1 cm³/mol. The quantitative estimate of drug-likeness (QED) is 0.650. The van der Waals surface area contributed by atoms with E-state index in [1.807, 2.05) is 32.3 Å². The lowest BCUT2D eigenvalue weighted by molar-refractivity contribution is -0.856. The summed E-state index contributed by atoms with van der Waals surface area (Å²) in [5.41, 5.74) is 0.836. The molecule has 2 rings (SSSR count). The third-order valence-corrected chi connectivity index (χ3v) is 5.17. The smallest absolute Gasteiger partial charge is 0.239 e. The summed E-state index contributed by atoms with van der Waals surface area (Å²) in [5, 5.41) is 2.60. The summed E-state index contributed by atoms with van der Waals surface area (Å²) in [4.78, 5) is 27.3. The van der Waals surface area contributed by atoms with Crippen molar-refractivity contribution in [2.45, 2.75) is 5.37 Å². The summed E-state index contributed by atoms with van der Waals surface area (Å²) in [5.74, 6) is 1.51. The summed E-state index contributed by atoms with van der Waals surface area (Å²) >= 11 is 1.49. The molecule has 8 heteroatoms. The zero-order valence-corrected chi connectivity index (χ0v) is 15.9. The number of carbonyl (C=O) groups excluding carboxylic acids is 2. The molecule has 25 heavy (non-hydrogen) atoms. The molecule has 7 nitrogen and oxygen atoms in total. The van der Waals surface area contributed by atoms with Crippen LogP contribution in [0, 0.1) is 0 Å². The van der Waals surface area contributed by atoms with Crippen molar-refractivity contribution in [3.8, 4) is 11.5 Å². The van der Waals surface area contributed by atoms with E-state index in [0.29, 0.717) is 23.8 Å². The first-order chi connectivity index (χ1) is 12.0. The Morgan fingerprint density at radius 3 is 2.76 bits per heavy atom. The molecule has 0 aliphatic carbocycles. The first-order valence-electron chi connectivity index (χ1n) is 8.15. The molecule has 0 saturated carbocycles. The van der Waals surface area contributed by atoms with Crippen molar-refractivity contribution in [2.75, 3.05) is 53.7 Å². The fourth-order valence-corrected chi connectivity index (χ4v) is 3.78. The van der Waals surface area contributed by atoms with Crippen LogP contribution in [0.2, 0.25) is 0 Å². The number of benzene rings is 1. The van der Waals surface area contributed by atoms with Crippen LogP contribution >= 0.6 is 11.8 Å². The van der Waals surface area contributed by atoms with Gasteiger partial charge in [-0.1, -0.05) is 0 Å². The second-order valence-electron chi connectivity index (χ2n) is 6.10. The summed E-state index contributed by atoms with van der Waals surface area (Å²) in [6, 6.07) is 5.48. The van der Waals surface area contributed by atoms with Crippen molar-refractivity contribution in [1.82, 2.24) is 10.2 Å². The zero-order valence-electron chi connectivity index (χ0n) is 15.1. The van der Waals surface area contributed by atoms with Crippen LogP contribution in [0.25, 0.3) is 0 Å². The average molecular weight is 368 g/mol. The first kappa shape index (κ1) is 19.4. The van der Waals surface area contributed by atoms with Gasteiger partial charge in [0.05, 0.1) is 47.2 Å². The molecule has 1 heterocycles. The number of ether oxygens (including phenoxy) is 2. The van der Waals surface area contributed by atoms with Gasteiger partial charge in [-0.3, -0.25) is 9.59 Å². The van der Waals surface area contributed by atoms with Crippen molar-refractivity contribution in [1.29, 1.82) is 0 Å². The summed E-state index contributed by atoms with van der Waals surface area (Å²) in [6.45, 7) is 1.46. The minimum Gasteiger partial charge on any atom is -0.497 e. The van der Waals surface area contributed by atoms with E-state index >= 15 is 0 Å². The number of hydrogen-bond acceptors (Lipinski definition) is 5. The third-order valence-electron chi connectivity index (χ3n) is 3.93. The molecule has 2 N–H and O–H groups in total. The fraction of sp³-hybridized carbons (Fsp3) is 0.529. The lowest BCUT2D eigenvalue weighted by atomic mass is 10.1. The molecule has 0 spiro atoms. The topological polar surface area (TPSA) is 72.3 Å². The average Bonchev–Trinajstić information content (AvgIpc) is 2.94. The minimum absolute atomic E-state index is 0.0413. The van der Waals surface area contributed by atoms with E-state index in [1.54, 1.807) is 19.1 Å². The van der Waals surface area contributed by atoms with Gasteiger partial charge in [0.15, 0.2) is 0 Å². The molecule has 1 aromatic rings. The molecule has 138 valence electrons. The highest BCUT2D eigenvalue weighted by molar-refractivity contribution is 8.00. The van der Waals surface area contributed by atoms with Gasteiger partial charge in [0, 0.05) is 5.56 Å². The van der Waals surface area contributed by atoms with Crippen molar-refractivity contribution >= 4 is 23.6 Å². The fourth-order valence-electron chi connectivity index (χ4n) is 2.58. The van der Waals surface area contributed by atoms with E-state index < -0.39 is 0 Å². The van der Waals surface area contributed by atoms with Crippen LogP contribution in [0.3, 0.4) is 0 Å². The Bertz CT molecular complexity index is 624. The van der Waals surface area contributed by atoms with Gasteiger partial charge in [-0.05, 0) is 18.2 Å². The van der Waals surface area contributed by atoms with Crippen LogP contribution in [0.15, 0.2) is 18.2 Å². The molecule has 1 saturated heterocycles. The Hall–Kier alpha value is -1.93. The lowest BCUT2D eigenvalue weighted by Crippen LogP contribution is -3.06. The second-order valence-corrected chi connectivity index (χ2v) is 7.17. The number of amides is 2. The molecule has 0 bridgehead atoms. The minimum atomic E-state index is -0.261. The number of nitrogens with one attached hydrogen (secondary N) is 2. The van der Waals surface area contributed by atoms with Gasteiger partial charge >= 0.3 is 0 Å². The Labute approximate surface area is 152 Å². The molecule has 1 fully saturated rings. The number of methoxy groups -OCH3 is 2. The van der Waals surface area contributed by atoms with Crippen LogP contribution in [-0.4, -0.2) is 70.4 Å². The van der Waals surface area contributed by atoms with Crippen LogP contribution in [0.4, 0.5) is 0 Å². The standard InChI is InChI=1S/C17H25N3O4S/c1-19(2)8-7-18-15(21)10-20-16(22)11-25-17(20)13-9-12(23-3)5-6-14(13)24-4/h5-6,9,17H,7-8,10-11H2,1-4H3,(H,18,21)/p+1/t17-/m0/s1. The number of nitrogens with zero attached hydrogens (tertiary/aromatic N) is 1. The molecule has 1 atom stereocenters. The number of likely N-dealkylation sites (N-methyl/N-ethyl adjacent to an activating group) is 1. The molecule has 1 aliphatic rings. The van der Waals surface area contributed by atoms with E-state index in [2.05, 4.69) is 5.32 Å². The molecule has 0 aromatic heterocycles. The van der Waals surface area contributed by atoms with Gasteiger partial charge in [-0.15, -0.1) is 11.8 Å². The number of quaternary nitrogens is 1. The Morgan fingerprint density at radius 2 is 2.12 bits per heavy atom. The summed E-state index contributed by atoms with van der Waals surface area (Å²) in [6.07, 6.45) is 0. The van der Waals surface area contributed by atoms with Crippen LogP contribution in [0.1, 0.15) is 10.9 Å². The van der Waals surface area contributed by atoms with E-state index in [4.69, 9.17) is 9.47 Å². The lowest BCUT2D eigenvalue weighted by Gasteiger charge is -2.25. The van der Waals surface area contributed by atoms with Crippen molar-refractivity contribution in [3.63, 3.8) is 0 Å². The third kappa shape index (κ3) is 5.02. The number of rotatable bonds is 8. The molecule has 2 amide bonds. The zero-order chi connectivity index (χ0) is 18.4. The van der Waals surface area contributed by atoms with Gasteiger partial charge in [0.25, 0.3) is 0 Å². The van der Waals surface area contributed by atoms with E-state index in [0.717, 1.165) is 12.1 Å². The van der Waals surface area contributed by atoms with Crippen LogP contribution in [0.5, 0.6) is 11.5 Å². The van der Waals surface area contributed by atoms with Crippen molar-refractivity contribution in [2.24, 2.45) is 0 Å². The largest absolute Gasteiger partial charge is 0.497 e. The first-order valence-corrected chi connectivity index (χ1v) is 9.20. The molecular weight excluding hydrogens is 342 g/mol. The molecule has 0 radical (unpaired) electrons. The predicted octanol–water partition coefficient (Wildman–Crippen LogP) is -0.461. The Balaban J connectivity index is 2.12. The van der Waals surface area contributed by atoms with Gasteiger partial charge < -0.3 is 24.6 Å². The molecule has 0 unspecified atom stereocenters. The van der Waals surface area contributed by atoms with Gasteiger partial charge in [0.1, 0.15) is 23.4 Å². The van der Waals surface area contributed by atoms with Gasteiger partial charge in [-0.2, -0.15) is 0 Å². The van der Waals surface area contributed by atoms with Gasteiger partial charge in [-0.25, -0.2) is 0 Å². The highest BCUT2D eigenvalue weighted by Gasteiger charge is 2.36. The van der Waals surface area contributed by atoms with E-state index in [1.165, 1.54) is 16.7 Å². The Morgan fingerprint density at radius 1 is 1.36 bits per heavy atom. The maximum Gasteiger partial charge on any atom is 0.239 e. The van der Waals surface area contributed by atoms with Crippen LogP contribution in [-0.2, 0) is 9.59 Å². The maximum atomic E-state index is 12.3. The molecule has 1 aromatic carbocycles.